The van der Waals surface area contributed by atoms with Crippen molar-refractivity contribution in [2.75, 3.05) is 29.7 Å². The molecule has 10 heteroatoms. The zero-order valence-corrected chi connectivity index (χ0v) is 12.6. The molecule has 1 unspecified atom stereocenters. The van der Waals surface area contributed by atoms with Gasteiger partial charge in [-0.3, -0.25) is 19.1 Å². The lowest BCUT2D eigenvalue weighted by Crippen LogP contribution is -2.42. The Kier molecular flexibility index (Phi) is 6.73. The topological polar surface area (TPSA) is 121 Å². The number of halogens is 2. The number of aromatic amines is 1. The second kappa shape index (κ2) is 8.06. The summed E-state index contributed by atoms with van der Waals surface area (Å²) in [4.78, 5) is 38.0. The molecule has 0 aromatic carbocycles. The van der Waals surface area contributed by atoms with Crippen molar-refractivity contribution in [2.45, 2.75) is 12.6 Å². The van der Waals surface area contributed by atoms with Gasteiger partial charge in [0.25, 0.3) is 5.56 Å². The minimum absolute atomic E-state index is 0.188. The fourth-order valence-corrected chi connectivity index (χ4v) is 2.11. The lowest BCUT2D eigenvalue weighted by atomic mass is 10.3. The number of nitrogens with one attached hydrogen (secondary N) is 1. The predicted molar refractivity (Wildman–Crippen MR) is 80.6 cm³/mol. The summed E-state index contributed by atoms with van der Waals surface area (Å²) >= 11 is 11.3. The number of alkyl halides is 2. The van der Waals surface area contributed by atoms with E-state index in [0.29, 0.717) is 13.1 Å². The highest BCUT2D eigenvalue weighted by Gasteiger charge is 2.16. The standard InChI is InChI=1S/C11H16Cl2N4O4/c12-1-3-16(4-2-13)8-6-17(5-7(14)10(19)20)11(21)15-9(8)18/h6-7H,1-5,14H2,(H,19,20)(H,15,18,21). The van der Waals surface area contributed by atoms with Crippen LogP contribution in [-0.2, 0) is 11.3 Å². The van der Waals surface area contributed by atoms with Crippen molar-refractivity contribution in [2.24, 2.45) is 5.73 Å². The van der Waals surface area contributed by atoms with Crippen molar-refractivity contribution in [1.29, 1.82) is 0 Å². The number of aliphatic carboxylic acids is 1. The van der Waals surface area contributed by atoms with Crippen molar-refractivity contribution in [1.82, 2.24) is 9.55 Å². The Bertz CT molecular complexity index is 595. The molecular weight excluding hydrogens is 323 g/mol. The second-order valence-corrected chi connectivity index (χ2v) is 4.99. The second-order valence-electron chi connectivity index (χ2n) is 4.24. The molecule has 21 heavy (non-hydrogen) atoms. The fourth-order valence-electron chi connectivity index (χ4n) is 1.71. The van der Waals surface area contributed by atoms with Crippen molar-refractivity contribution in [3.05, 3.63) is 27.0 Å². The van der Waals surface area contributed by atoms with Crippen LogP contribution in [0, 0.1) is 0 Å². The average Bonchev–Trinajstić information content (AvgIpc) is 2.41. The molecule has 1 atom stereocenters. The Balaban J connectivity index is 3.18. The molecule has 0 radical (unpaired) electrons. The lowest BCUT2D eigenvalue weighted by molar-refractivity contribution is -0.138. The third-order valence-electron chi connectivity index (χ3n) is 2.75. The first-order valence-electron chi connectivity index (χ1n) is 6.09. The van der Waals surface area contributed by atoms with Crippen molar-refractivity contribution >= 4 is 34.9 Å². The van der Waals surface area contributed by atoms with Crippen LogP contribution >= 0.6 is 23.2 Å². The Morgan fingerprint density at radius 3 is 2.43 bits per heavy atom. The molecule has 0 saturated heterocycles. The van der Waals surface area contributed by atoms with E-state index in [9.17, 15) is 14.4 Å². The normalized spacial score (nSPS) is 12.1. The smallest absolute Gasteiger partial charge is 0.328 e. The predicted octanol–water partition coefficient (Wildman–Crippen LogP) is -0.767. The lowest BCUT2D eigenvalue weighted by Gasteiger charge is -2.22. The number of nitrogens with two attached hydrogens (primary N) is 1. The summed E-state index contributed by atoms with van der Waals surface area (Å²) in [5.41, 5.74) is 4.27. The number of nitrogens with zero attached hydrogens (tertiary/aromatic N) is 2. The number of H-pyrrole nitrogens is 1. The van der Waals surface area contributed by atoms with Crippen LogP contribution in [0.3, 0.4) is 0 Å². The van der Waals surface area contributed by atoms with Gasteiger partial charge in [-0.2, -0.15) is 0 Å². The Labute approximate surface area is 130 Å². The van der Waals surface area contributed by atoms with Gasteiger partial charge < -0.3 is 15.7 Å². The molecule has 0 aliphatic heterocycles. The van der Waals surface area contributed by atoms with Gasteiger partial charge in [-0.05, 0) is 0 Å². The summed E-state index contributed by atoms with van der Waals surface area (Å²) in [6, 6.07) is -1.25. The van der Waals surface area contributed by atoms with Gasteiger partial charge in [0.1, 0.15) is 11.7 Å². The minimum atomic E-state index is -1.25. The largest absolute Gasteiger partial charge is 0.480 e. The maximum Gasteiger partial charge on any atom is 0.328 e. The number of aromatic nitrogens is 2. The highest BCUT2D eigenvalue weighted by atomic mass is 35.5. The van der Waals surface area contributed by atoms with E-state index >= 15 is 0 Å². The van der Waals surface area contributed by atoms with Crippen LogP contribution in [0.2, 0.25) is 0 Å². The molecule has 8 nitrogen and oxygen atoms in total. The quantitative estimate of drug-likeness (QED) is 0.535. The van der Waals surface area contributed by atoms with E-state index in [1.807, 2.05) is 0 Å². The number of hydrogen-bond donors (Lipinski definition) is 3. The number of anilines is 1. The van der Waals surface area contributed by atoms with Gasteiger partial charge in [0.05, 0.1) is 6.54 Å². The summed E-state index contributed by atoms with van der Waals surface area (Å²) in [5.74, 6) is -0.707. The molecule has 0 amide bonds. The number of rotatable bonds is 8. The Morgan fingerprint density at radius 1 is 1.38 bits per heavy atom. The van der Waals surface area contributed by atoms with Crippen molar-refractivity contribution < 1.29 is 9.90 Å². The molecule has 118 valence electrons. The fraction of sp³-hybridized carbons (Fsp3) is 0.545. The zero-order valence-electron chi connectivity index (χ0n) is 11.1. The summed E-state index contributed by atoms with van der Waals surface area (Å²) in [6.07, 6.45) is 1.27. The van der Waals surface area contributed by atoms with Gasteiger partial charge in [0.2, 0.25) is 0 Å². The number of carboxylic acids is 1. The first kappa shape index (κ1) is 17.5. The van der Waals surface area contributed by atoms with Crippen LogP contribution in [0.5, 0.6) is 0 Å². The number of carboxylic acid groups (broad SMARTS) is 1. The molecule has 1 aromatic rings. The molecule has 1 aromatic heterocycles. The zero-order chi connectivity index (χ0) is 16.0. The maximum absolute atomic E-state index is 11.9. The SMILES string of the molecule is NC(Cn1cc(N(CCCl)CCCl)c(=O)[nH]c1=O)C(=O)O. The average molecular weight is 339 g/mol. The van der Waals surface area contributed by atoms with Gasteiger partial charge in [-0.1, -0.05) is 0 Å². The van der Waals surface area contributed by atoms with Gasteiger partial charge >= 0.3 is 11.7 Å². The van der Waals surface area contributed by atoms with Crippen LogP contribution in [0.25, 0.3) is 0 Å². The monoisotopic (exact) mass is 338 g/mol. The van der Waals surface area contributed by atoms with E-state index in [1.54, 1.807) is 4.90 Å². The summed E-state index contributed by atoms with van der Waals surface area (Å²) in [5, 5.41) is 8.78. The van der Waals surface area contributed by atoms with E-state index in [0.717, 1.165) is 4.57 Å². The molecule has 1 heterocycles. The van der Waals surface area contributed by atoms with Gasteiger partial charge in [-0.25, -0.2) is 4.79 Å². The van der Waals surface area contributed by atoms with E-state index in [4.69, 9.17) is 34.0 Å². The van der Waals surface area contributed by atoms with E-state index in [-0.39, 0.29) is 24.0 Å². The summed E-state index contributed by atoms with van der Waals surface area (Å²) in [7, 11) is 0. The molecule has 0 spiro atoms. The van der Waals surface area contributed by atoms with Gasteiger partial charge in [0, 0.05) is 31.0 Å². The molecule has 1 rings (SSSR count). The van der Waals surface area contributed by atoms with Gasteiger partial charge in [-0.15, -0.1) is 23.2 Å². The Morgan fingerprint density at radius 2 is 1.95 bits per heavy atom. The van der Waals surface area contributed by atoms with E-state index in [1.165, 1.54) is 6.20 Å². The van der Waals surface area contributed by atoms with E-state index < -0.39 is 23.3 Å². The first-order valence-corrected chi connectivity index (χ1v) is 7.16. The van der Waals surface area contributed by atoms with E-state index in [2.05, 4.69) is 4.98 Å². The van der Waals surface area contributed by atoms with Crippen LogP contribution < -0.4 is 21.9 Å². The molecular formula is C11H16Cl2N4O4. The van der Waals surface area contributed by atoms with Crippen molar-refractivity contribution in [3.63, 3.8) is 0 Å². The third kappa shape index (κ3) is 4.76. The summed E-state index contributed by atoms with van der Waals surface area (Å²) < 4.78 is 1.05. The third-order valence-corrected chi connectivity index (χ3v) is 3.09. The minimum Gasteiger partial charge on any atom is -0.480 e. The molecule has 0 fully saturated rings. The van der Waals surface area contributed by atoms with Gasteiger partial charge in [0.15, 0.2) is 0 Å². The van der Waals surface area contributed by atoms with Crippen LogP contribution in [0.15, 0.2) is 15.8 Å². The van der Waals surface area contributed by atoms with Crippen LogP contribution in [0.1, 0.15) is 0 Å². The Hall–Kier alpha value is -1.51. The van der Waals surface area contributed by atoms with Crippen LogP contribution in [0.4, 0.5) is 5.69 Å². The molecule has 0 aliphatic carbocycles. The number of hydrogen-bond acceptors (Lipinski definition) is 5. The molecule has 0 bridgehead atoms. The highest BCUT2D eigenvalue weighted by molar-refractivity contribution is 6.18. The summed E-state index contributed by atoms with van der Waals surface area (Å²) in [6.45, 7) is 0.467. The molecule has 4 N–H and O–H groups in total. The number of carbonyl (C=O) groups is 1. The molecule has 0 saturated carbocycles. The van der Waals surface area contributed by atoms with Crippen molar-refractivity contribution in [3.8, 4) is 0 Å². The highest BCUT2D eigenvalue weighted by Crippen LogP contribution is 2.06. The maximum atomic E-state index is 11.9. The first-order chi connectivity index (χ1) is 9.90. The molecule has 0 aliphatic rings. The van der Waals surface area contributed by atoms with Crippen LogP contribution in [-0.4, -0.2) is 51.5 Å².